The molecule has 2 bridgehead atoms. The number of alkyl halides is 1. The van der Waals surface area contributed by atoms with Gasteiger partial charge in [0.15, 0.2) is 0 Å². The lowest BCUT2D eigenvalue weighted by molar-refractivity contribution is -0.160. The Kier molecular flexibility index (Phi) is 10.7. The Morgan fingerprint density at radius 2 is 1.85 bits per heavy atom. The quantitative estimate of drug-likeness (QED) is 0.173. The van der Waals surface area contributed by atoms with Crippen LogP contribution in [0.3, 0.4) is 0 Å². The molecule has 3 saturated heterocycles. The average Bonchev–Trinajstić information content (AvgIpc) is 3.65. The zero-order chi connectivity index (χ0) is 33.9. The number of amides is 3. The largest absolute Gasteiger partial charge is 0.455 e. The van der Waals surface area contributed by atoms with Crippen LogP contribution in [0.5, 0.6) is 0 Å². The second-order valence-electron chi connectivity index (χ2n) is 12.4. The molecule has 3 aliphatic heterocycles. The molecule has 5 rings (SSSR count). The van der Waals surface area contributed by atoms with E-state index in [0.29, 0.717) is 24.1 Å². The van der Waals surface area contributed by atoms with Gasteiger partial charge in [-0.15, -0.1) is 13.2 Å². The molecule has 2 aromatic carbocycles. The van der Waals surface area contributed by atoms with Crippen molar-refractivity contribution in [2.45, 2.75) is 61.8 Å². The predicted molar refractivity (Wildman–Crippen MR) is 181 cm³/mol. The number of carbonyl (C=O) groups excluding carboxylic acids is 4. The Hall–Kier alpha value is -3.80. The van der Waals surface area contributed by atoms with Crippen molar-refractivity contribution in [3.05, 3.63) is 90.5 Å². The number of rotatable bonds is 14. The minimum atomic E-state index is -1.33. The molecule has 1 spiro atoms. The fraction of sp³-hybridized carbons (Fsp3) is 0.444. The third kappa shape index (κ3) is 6.40. The molecule has 10 nitrogen and oxygen atoms in total. The molecule has 3 aliphatic rings. The molecule has 250 valence electrons. The van der Waals surface area contributed by atoms with Crippen molar-refractivity contribution < 1.29 is 33.8 Å². The maximum Gasteiger partial charge on any atom is 0.313 e. The fourth-order valence-electron chi connectivity index (χ4n) is 7.47. The molecule has 0 saturated carbocycles. The Labute approximate surface area is 283 Å². The van der Waals surface area contributed by atoms with E-state index in [0.717, 1.165) is 11.1 Å². The van der Waals surface area contributed by atoms with Crippen LogP contribution >= 0.6 is 15.9 Å². The Morgan fingerprint density at radius 3 is 2.49 bits per heavy atom. The molecular formula is C36H42BrN3O7. The van der Waals surface area contributed by atoms with Crippen molar-refractivity contribution in [2.75, 3.05) is 31.1 Å². The highest BCUT2D eigenvalue weighted by Crippen LogP contribution is 2.60. The third-order valence-electron chi connectivity index (χ3n) is 9.41. The summed E-state index contributed by atoms with van der Waals surface area (Å²) in [4.78, 5) is 58.2. The number of para-hydroxylation sites is 1. The second-order valence-corrected chi connectivity index (χ2v) is 13.5. The van der Waals surface area contributed by atoms with Crippen molar-refractivity contribution in [3.8, 4) is 0 Å². The summed E-state index contributed by atoms with van der Waals surface area (Å²) >= 11 is 3.69. The van der Waals surface area contributed by atoms with Crippen molar-refractivity contribution in [1.82, 2.24) is 10.2 Å². The number of halogens is 1. The summed E-state index contributed by atoms with van der Waals surface area (Å²) in [5.74, 6) is -3.68. The topological polar surface area (TPSA) is 125 Å². The second kappa shape index (κ2) is 14.5. The van der Waals surface area contributed by atoms with Crippen LogP contribution in [0.2, 0.25) is 0 Å². The molecule has 3 fully saturated rings. The maximum absolute atomic E-state index is 14.7. The highest BCUT2D eigenvalue weighted by molar-refractivity contribution is 9.09. The lowest BCUT2D eigenvalue weighted by Crippen LogP contribution is -2.57. The van der Waals surface area contributed by atoms with Gasteiger partial charge in [-0.2, -0.15) is 0 Å². The molecule has 0 aliphatic carbocycles. The monoisotopic (exact) mass is 707 g/mol. The summed E-state index contributed by atoms with van der Waals surface area (Å²) in [6, 6.07) is 13.7. The van der Waals surface area contributed by atoms with E-state index in [4.69, 9.17) is 9.47 Å². The number of hydrogen-bond donors (Lipinski definition) is 2. The molecular weight excluding hydrogens is 666 g/mol. The van der Waals surface area contributed by atoms with E-state index in [9.17, 15) is 24.3 Å². The Morgan fingerprint density at radius 1 is 1.15 bits per heavy atom. The number of nitrogens with zero attached hydrogens (tertiary/aromatic N) is 2. The van der Waals surface area contributed by atoms with Crippen molar-refractivity contribution in [3.63, 3.8) is 0 Å². The van der Waals surface area contributed by atoms with E-state index in [-0.39, 0.29) is 49.3 Å². The van der Waals surface area contributed by atoms with E-state index < -0.39 is 47.6 Å². The number of esters is 1. The van der Waals surface area contributed by atoms with E-state index in [1.807, 2.05) is 50.2 Å². The SMILES string of the molecule is C=CCCC(=O)NC[C@H](OC(=O)[C@H]1[C@@H]2O[C@@]3(CC2Br)[C@@H]1C(=O)N(CCO)[C@@H]3C(=O)N(CC=C)c1c(C)cccc1C)c1ccccc1. The smallest absolute Gasteiger partial charge is 0.313 e. The molecule has 11 heteroatoms. The van der Waals surface area contributed by atoms with Gasteiger partial charge in [0.2, 0.25) is 11.8 Å². The summed E-state index contributed by atoms with van der Waals surface area (Å²) in [5.41, 5.74) is 1.83. The van der Waals surface area contributed by atoms with Crippen LogP contribution in [-0.2, 0) is 28.7 Å². The zero-order valence-corrected chi connectivity index (χ0v) is 28.4. The van der Waals surface area contributed by atoms with Crippen LogP contribution in [0.4, 0.5) is 5.69 Å². The molecule has 3 amide bonds. The van der Waals surface area contributed by atoms with Crippen LogP contribution < -0.4 is 10.2 Å². The van der Waals surface area contributed by atoms with Crippen molar-refractivity contribution >= 4 is 45.3 Å². The first-order valence-electron chi connectivity index (χ1n) is 15.9. The van der Waals surface area contributed by atoms with Crippen LogP contribution in [0, 0.1) is 25.7 Å². The lowest BCUT2D eigenvalue weighted by atomic mass is 9.70. The van der Waals surface area contributed by atoms with Crippen LogP contribution in [0.1, 0.15) is 42.1 Å². The molecule has 7 atom stereocenters. The van der Waals surface area contributed by atoms with Gasteiger partial charge in [0.05, 0.1) is 31.1 Å². The summed E-state index contributed by atoms with van der Waals surface area (Å²) in [6.07, 6.45) is 2.82. The van der Waals surface area contributed by atoms with Gasteiger partial charge < -0.3 is 29.7 Å². The Bertz CT molecular complexity index is 1510. The average molecular weight is 709 g/mol. The molecule has 3 heterocycles. The van der Waals surface area contributed by atoms with Gasteiger partial charge in [-0.3, -0.25) is 19.2 Å². The zero-order valence-electron chi connectivity index (χ0n) is 26.8. The van der Waals surface area contributed by atoms with E-state index in [1.54, 1.807) is 29.2 Å². The number of hydrogen-bond acceptors (Lipinski definition) is 7. The molecule has 0 aromatic heterocycles. The molecule has 1 unspecified atom stereocenters. The number of nitrogens with one attached hydrogen (secondary N) is 1. The van der Waals surface area contributed by atoms with Gasteiger partial charge in [-0.05, 0) is 43.4 Å². The van der Waals surface area contributed by atoms with Crippen LogP contribution in [-0.4, -0.2) is 82.5 Å². The fourth-order valence-corrected chi connectivity index (χ4v) is 8.41. The lowest BCUT2D eigenvalue weighted by Gasteiger charge is -2.37. The first kappa shape index (κ1) is 34.5. The van der Waals surface area contributed by atoms with E-state index >= 15 is 0 Å². The minimum absolute atomic E-state index is 0.0372. The van der Waals surface area contributed by atoms with Gasteiger partial charge in [-0.1, -0.05) is 76.6 Å². The number of likely N-dealkylation sites (tertiary alicyclic amines) is 1. The molecule has 47 heavy (non-hydrogen) atoms. The van der Waals surface area contributed by atoms with Gasteiger partial charge in [0.25, 0.3) is 5.91 Å². The number of fused-ring (bicyclic) bond motifs is 1. The number of ether oxygens (including phenoxy) is 2. The number of aryl methyl sites for hydroxylation is 2. The van der Waals surface area contributed by atoms with E-state index in [2.05, 4.69) is 34.4 Å². The number of anilines is 1. The maximum atomic E-state index is 14.7. The number of benzene rings is 2. The third-order valence-corrected chi connectivity index (χ3v) is 10.3. The summed E-state index contributed by atoms with van der Waals surface area (Å²) in [7, 11) is 0. The van der Waals surface area contributed by atoms with Gasteiger partial charge >= 0.3 is 5.97 Å². The van der Waals surface area contributed by atoms with Crippen LogP contribution in [0.15, 0.2) is 73.8 Å². The molecule has 2 aromatic rings. The predicted octanol–water partition coefficient (Wildman–Crippen LogP) is 3.93. The molecule has 0 radical (unpaired) electrons. The first-order valence-corrected chi connectivity index (χ1v) is 16.9. The highest BCUT2D eigenvalue weighted by atomic mass is 79.9. The Balaban J connectivity index is 1.48. The minimum Gasteiger partial charge on any atom is -0.455 e. The summed E-state index contributed by atoms with van der Waals surface area (Å²) < 4.78 is 12.7. The number of aliphatic hydroxyl groups is 1. The first-order chi connectivity index (χ1) is 22.6. The normalized spacial score (nSPS) is 26.4. The number of carbonyl (C=O) groups is 4. The molecule has 2 N–H and O–H groups in total. The number of allylic oxidation sites excluding steroid dienone is 1. The van der Waals surface area contributed by atoms with Crippen molar-refractivity contribution in [1.29, 1.82) is 0 Å². The number of β-amino-alcohol motifs (C(OH)–C–C–N with tert-alkyl or cyclic N) is 1. The summed E-state index contributed by atoms with van der Waals surface area (Å²) in [6.45, 7) is 11.1. The van der Waals surface area contributed by atoms with E-state index in [1.165, 1.54) is 4.90 Å². The standard InChI is InChI=1S/C36H42BrN3O7/c1-5-7-16-27(42)38-21-26(24-14-9-8-10-15-24)46-35(45)28-29-33(43)40(18-19-41)32(36(29)20-25(37)31(28)47-36)34(44)39(17-6-2)30-22(3)12-11-13-23(30)4/h5-6,8-15,25-26,28-29,31-32,41H,1-2,7,16-21H2,3-4H3,(H,38,42)/t25?,26-,28+,29-,31+,32+,36-/m0/s1. The van der Waals surface area contributed by atoms with Crippen molar-refractivity contribution in [2.24, 2.45) is 11.8 Å². The van der Waals surface area contributed by atoms with Crippen LogP contribution in [0.25, 0.3) is 0 Å². The van der Waals surface area contributed by atoms with Gasteiger partial charge in [0.1, 0.15) is 17.7 Å². The number of aliphatic hydroxyl groups excluding tert-OH is 1. The van der Waals surface area contributed by atoms with Gasteiger partial charge in [0, 0.05) is 30.0 Å². The van der Waals surface area contributed by atoms with Gasteiger partial charge in [-0.25, -0.2) is 0 Å². The highest BCUT2D eigenvalue weighted by Gasteiger charge is 2.77. The summed E-state index contributed by atoms with van der Waals surface area (Å²) in [5, 5.41) is 12.9.